The van der Waals surface area contributed by atoms with Crippen LogP contribution in [0, 0.1) is 13.8 Å². The van der Waals surface area contributed by atoms with Gasteiger partial charge in [0.2, 0.25) is 0 Å². The van der Waals surface area contributed by atoms with Crippen LogP contribution in [-0.4, -0.2) is 5.11 Å². The van der Waals surface area contributed by atoms with Gasteiger partial charge in [-0.3, -0.25) is 0 Å². The molecule has 80 valence electrons. The number of fused-ring (bicyclic) bond motifs is 1. The molecule has 0 fully saturated rings. The molecule has 0 amide bonds. The summed E-state index contributed by atoms with van der Waals surface area (Å²) in [6, 6.07) is 6.07. The minimum absolute atomic E-state index is 0.490. The lowest BCUT2D eigenvalue weighted by molar-refractivity contribution is 0.148. The zero-order valence-electron chi connectivity index (χ0n) is 9.37. The SMILES string of the molecule is CCC(O)c1cc2c(C)ccc(C)c2o1. The maximum Gasteiger partial charge on any atom is 0.137 e. The van der Waals surface area contributed by atoms with Crippen molar-refractivity contribution in [1.82, 2.24) is 0 Å². The van der Waals surface area contributed by atoms with Crippen LogP contribution in [0.15, 0.2) is 22.6 Å². The first-order chi connectivity index (χ1) is 7.13. The Morgan fingerprint density at radius 1 is 1.27 bits per heavy atom. The molecule has 0 aliphatic heterocycles. The van der Waals surface area contributed by atoms with E-state index < -0.39 is 6.10 Å². The third-order valence-corrected chi connectivity index (χ3v) is 2.83. The molecular formula is C13H16O2. The van der Waals surface area contributed by atoms with E-state index in [4.69, 9.17) is 4.42 Å². The summed E-state index contributed by atoms with van der Waals surface area (Å²) < 4.78 is 5.68. The summed E-state index contributed by atoms with van der Waals surface area (Å²) >= 11 is 0. The highest BCUT2D eigenvalue weighted by Gasteiger charge is 2.13. The highest BCUT2D eigenvalue weighted by molar-refractivity contribution is 5.84. The first-order valence-electron chi connectivity index (χ1n) is 5.31. The molecule has 0 radical (unpaired) electrons. The summed E-state index contributed by atoms with van der Waals surface area (Å²) in [6.45, 7) is 6.02. The zero-order valence-corrected chi connectivity index (χ0v) is 9.37. The lowest BCUT2D eigenvalue weighted by atomic mass is 10.1. The molecule has 1 aromatic heterocycles. The van der Waals surface area contributed by atoms with E-state index in [2.05, 4.69) is 13.0 Å². The minimum Gasteiger partial charge on any atom is -0.458 e. The predicted molar refractivity (Wildman–Crippen MR) is 60.9 cm³/mol. The van der Waals surface area contributed by atoms with E-state index in [0.29, 0.717) is 12.2 Å². The summed E-state index contributed by atoms with van der Waals surface area (Å²) in [5.41, 5.74) is 3.21. The van der Waals surface area contributed by atoms with Gasteiger partial charge < -0.3 is 9.52 Å². The van der Waals surface area contributed by atoms with Crippen LogP contribution in [0.25, 0.3) is 11.0 Å². The second kappa shape index (κ2) is 3.70. The quantitative estimate of drug-likeness (QED) is 0.812. The standard InChI is InChI=1S/C13H16O2/c1-4-11(14)12-7-10-8(2)5-6-9(3)13(10)15-12/h5-7,11,14H,4H2,1-3H3. The lowest BCUT2D eigenvalue weighted by Gasteiger charge is -2.01. The molecule has 1 N–H and O–H groups in total. The first-order valence-corrected chi connectivity index (χ1v) is 5.31. The minimum atomic E-state index is -0.490. The third kappa shape index (κ3) is 1.65. The Balaban J connectivity index is 2.64. The second-order valence-corrected chi connectivity index (χ2v) is 4.01. The Kier molecular flexibility index (Phi) is 2.53. The van der Waals surface area contributed by atoms with Gasteiger partial charge in [-0.25, -0.2) is 0 Å². The molecule has 1 atom stereocenters. The van der Waals surface area contributed by atoms with Gasteiger partial charge >= 0.3 is 0 Å². The lowest BCUT2D eigenvalue weighted by Crippen LogP contribution is -1.91. The summed E-state index contributed by atoms with van der Waals surface area (Å²) in [7, 11) is 0. The van der Waals surface area contributed by atoms with Gasteiger partial charge in [0, 0.05) is 5.39 Å². The highest BCUT2D eigenvalue weighted by atomic mass is 16.4. The average molecular weight is 204 g/mol. The molecule has 0 aliphatic rings. The van der Waals surface area contributed by atoms with Crippen molar-refractivity contribution in [2.75, 3.05) is 0 Å². The number of aliphatic hydroxyl groups excluding tert-OH is 1. The number of rotatable bonds is 2. The van der Waals surface area contributed by atoms with Gasteiger partial charge in [-0.15, -0.1) is 0 Å². The van der Waals surface area contributed by atoms with Gasteiger partial charge in [-0.1, -0.05) is 19.1 Å². The van der Waals surface area contributed by atoms with Crippen molar-refractivity contribution < 1.29 is 9.52 Å². The Hall–Kier alpha value is -1.28. The fourth-order valence-electron chi connectivity index (χ4n) is 1.78. The predicted octanol–water partition coefficient (Wildman–Crippen LogP) is 3.49. The number of aliphatic hydroxyl groups is 1. The van der Waals surface area contributed by atoms with Crippen LogP contribution in [0.4, 0.5) is 0 Å². The molecule has 2 heteroatoms. The molecule has 2 aromatic rings. The molecule has 0 bridgehead atoms. The van der Waals surface area contributed by atoms with Crippen LogP contribution in [0.5, 0.6) is 0 Å². The molecule has 0 spiro atoms. The van der Waals surface area contributed by atoms with Crippen LogP contribution in [0.3, 0.4) is 0 Å². The summed E-state index contributed by atoms with van der Waals surface area (Å²) in [6.07, 6.45) is 0.189. The van der Waals surface area contributed by atoms with Crippen molar-refractivity contribution >= 4 is 11.0 Å². The van der Waals surface area contributed by atoms with Gasteiger partial charge in [-0.2, -0.15) is 0 Å². The van der Waals surface area contributed by atoms with Crippen LogP contribution in [0.1, 0.15) is 36.3 Å². The van der Waals surface area contributed by atoms with Gasteiger partial charge in [-0.05, 0) is 37.5 Å². The molecule has 0 aliphatic carbocycles. The fraction of sp³-hybridized carbons (Fsp3) is 0.385. The van der Waals surface area contributed by atoms with Gasteiger partial charge in [0.15, 0.2) is 0 Å². The Morgan fingerprint density at radius 2 is 1.93 bits per heavy atom. The number of hydrogen-bond acceptors (Lipinski definition) is 2. The maximum atomic E-state index is 9.72. The van der Waals surface area contributed by atoms with E-state index in [1.807, 2.05) is 26.0 Å². The molecule has 1 aromatic carbocycles. The number of benzene rings is 1. The van der Waals surface area contributed by atoms with Crippen molar-refractivity contribution in [3.63, 3.8) is 0 Å². The number of hydrogen-bond donors (Lipinski definition) is 1. The van der Waals surface area contributed by atoms with E-state index in [9.17, 15) is 5.11 Å². The van der Waals surface area contributed by atoms with Crippen LogP contribution in [0.2, 0.25) is 0 Å². The van der Waals surface area contributed by atoms with Crippen molar-refractivity contribution in [2.24, 2.45) is 0 Å². The Morgan fingerprint density at radius 3 is 2.53 bits per heavy atom. The topological polar surface area (TPSA) is 33.4 Å². The van der Waals surface area contributed by atoms with E-state index in [0.717, 1.165) is 16.5 Å². The Bertz CT molecular complexity index is 443. The van der Waals surface area contributed by atoms with Crippen LogP contribution >= 0.6 is 0 Å². The van der Waals surface area contributed by atoms with Crippen molar-refractivity contribution in [1.29, 1.82) is 0 Å². The van der Waals surface area contributed by atoms with Crippen molar-refractivity contribution in [3.8, 4) is 0 Å². The molecule has 1 unspecified atom stereocenters. The molecule has 0 saturated carbocycles. The van der Waals surface area contributed by atoms with Gasteiger partial charge in [0.25, 0.3) is 0 Å². The molecular weight excluding hydrogens is 188 g/mol. The zero-order chi connectivity index (χ0) is 11.0. The monoisotopic (exact) mass is 204 g/mol. The maximum absolute atomic E-state index is 9.72. The van der Waals surface area contributed by atoms with Crippen LogP contribution in [-0.2, 0) is 0 Å². The van der Waals surface area contributed by atoms with Gasteiger partial charge in [0.05, 0.1) is 0 Å². The highest BCUT2D eigenvalue weighted by Crippen LogP contribution is 2.29. The second-order valence-electron chi connectivity index (χ2n) is 4.01. The summed E-state index contributed by atoms with van der Waals surface area (Å²) in [5.74, 6) is 0.671. The van der Waals surface area contributed by atoms with Gasteiger partial charge in [0.1, 0.15) is 17.4 Å². The third-order valence-electron chi connectivity index (χ3n) is 2.83. The van der Waals surface area contributed by atoms with E-state index >= 15 is 0 Å². The van der Waals surface area contributed by atoms with E-state index in [1.165, 1.54) is 5.56 Å². The van der Waals surface area contributed by atoms with Crippen LogP contribution < -0.4 is 0 Å². The Labute approximate surface area is 89.5 Å². The number of furan rings is 1. The molecule has 1 heterocycles. The van der Waals surface area contributed by atoms with Crippen molar-refractivity contribution in [2.45, 2.75) is 33.3 Å². The average Bonchev–Trinajstić information content (AvgIpc) is 2.68. The van der Waals surface area contributed by atoms with E-state index in [1.54, 1.807) is 0 Å². The smallest absolute Gasteiger partial charge is 0.137 e. The summed E-state index contributed by atoms with van der Waals surface area (Å²) in [4.78, 5) is 0. The normalized spacial score (nSPS) is 13.3. The van der Waals surface area contributed by atoms with Crippen molar-refractivity contribution in [3.05, 3.63) is 35.1 Å². The molecule has 2 nitrogen and oxygen atoms in total. The number of aryl methyl sites for hydroxylation is 2. The summed E-state index contributed by atoms with van der Waals surface area (Å²) in [5, 5.41) is 10.8. The molecule has 0 saturated heterocycles. The first kappa shape index (κ1) is 10.2. The molecule has 15 heavy (non-hydrogen) atoms. The molecule has 2 rings (SSSR count). The van der Waals surface area contributed by atoms with E-state index in [-0.39, 0.29) is 0 Å². The largest absolute Gasteiger partial charge is 0.458 e. The fourth-order valence-corrected chi connectivity index (χ4v) is 1.78.